The molecule has 1 aliphatic rings. The number of hydrogen-bond acceptors (Lipinski definition) is 8. The Labute approximate surface area is 203 Å². The van der Waals surface area contributed by atoms with E-state index in [1.165, 1.54) is 0 Å². The predicted molar refractivity (Wildman–Crippen MR) is 131 cm³/mol. The van der Waals surface area contributed by atoms with Crippen LogP contribution in [0.1, 0.15) is 71.6 Å². The average Bonchev–Trinajstić information content (AvgIpc) is 3.06. The second-order valence-electron chi connectivity index (χ2n) is 9.61. The normalized spacial score (nSPS) is 24.9. The molecule has 0 aromatic heterocycles. The zero-order chi connectivity index (χ0) is 26.2. The van der Waals surface area contributed by atoms with Crippen LogP contribution in [0.25, 0.3) is 0 Å². The summed E-state index contributed by atoms with van der Waals surface area (Å²) < 4.78 is 0. The van der Waals surface area contributed by atoms with Crippen molar-refractivity contribution in [2.24, 2.45) is 17.6 Å². The minimum Gasteiger partial charge on any atom is -0.481 e. The zero-order valence-electron chi connectivity index (χ0n) is 20.7. The van der Waals surface area contributed by atoms with Gasteiger partial charge >= 0.3 is 5.97 Å². The molecule has 9 N–H and O–H groups in total. The monoisotopic (exact) mass is 489 g/mol. The van der Waals surface area contributed by atoms with Crippen LogP contribution in [0.3, 0.4) is 0 Å². The van der Waals surface area contributed by atoms with Crippen molar-refractivity contribution in [3.63, 3.8) is 0 Å². The summed E-state index contributed by atoms with van der Waals surface area (Å²) in [6.07, 6.45) is 12.7. The predicted octanol–water partition coefficient (Wildman–Crippen LogP) is 1.09. The summed E-state index contributed by atoms with van der Waals surface area (Å²) in [6, 6.07) is 0. The van der Waals surface area contributed by atoms with Gasteiger partial charge in [-0.15, -0.1) is 0 Å². The zero-order valence-corrected chi connectivity index (χ0v) is 20.7. The number of aliphatic hydroxyl groups excluding tert-OH is 5. The summed E-state index contributed by atoms with van der Waals surface area (Å²) in [7, 11) is 0. The van der Waals surface area contributed by atoms with Crippen LogP contribution in [0.15, 0.2) is 24.3 Å². The van der Waals surface area contributed by atoms with Gasteiger partial charge in [0.15, 0.2) is 0 Å². The van der Waals surface area contributed by atoms with Gasteiger partial charge in [0.1, 0.15) is 0 Å². The molecule has 34 heavy (non-hydrogen) atoms. The standard InChI is InChI=1S/C21H36O5.C4H11NO3/c1-3-4-9-13-21(2,26)14-12-17-16(18(22)15-19(17)23)10-7-5-6-8-11-20(24)25;5-4(1-6,2-7)3-8/h5,7,12,14,16-19,22-23,26H,3-4,6,8-11,13,15H2,1-2H3,(H,24,25);6-8H,1-3,5H2/b7-5?,14-12+;/t16?,17-,18+,19?,21+;/m1./s1. The number of carboxylic acid groups (broad SMARTS) is 1. The molecule has 0 saturated heterocycles. The maximum atomic E-state index is 10.5. The molecule has 0 bridgehead atoms. The molecule has 2 unspecified atom stereocenters. The fourth-order valence-electron chi connectivity index (χ4n) is 3.73. The third kappa shape index (κ3) is 13.5. The molecule has 1 rings (SSSR count). The number of aliphatic hydroxyl groups is 6. The van der Waals surface area contributed by atoms with Gasteiger partial charge < -0.3 is 41.5 Å². The summed E-state index contributed by atoms with van der Waals surface area (Å²) in [6.45, 7) is 2.70. The lowest BCUT2D eigenvalue weighted by molar-refractivity contribution is -0.137. The van der Waals surface area contributed by atoms with E-state index in [1.807, 2.05) is 18.2 Å². The molecule has 0 spiro atoms. The minimum absolute atomic E-state index is 0.0802. The first-order valence-electron chi connectivity index (χ1n) is 12.2. The van der Waals surface area contributed by atoms with Crippen LogP contribution in [0.2, 0.25) is 0 Å². The lowest BCUT2D eigenvalue weighted by Crippen LogP contribution is -2.50. The molecular formula is C25H47NO8. The van der Waals surface area contributed by atoms with Crippen molar-refractivity contribution in [2.45, 2.75) is 95.0 Å². The van der Waals surface area contributed by atoms with Crippen molar-refractivity contribution in [2.75, 3.05) is 19.8 Å². The lowest BCUT2D eigenvalue weighted by Gasteiger charge is -2.23. The number of nitrogens with two attached hydrogens (primary N) is 1. The topological polar surface area (TPSA) is 185 Å². The number of hydrogen-bond donors (Lipinski definition) is 8. The number of allylic oxidation sites excluding steroid dienone is 2. The van der Waals surface area contributed by atoms with E-state index in [9.17, 15) is 20.1 Å². The third-order valence-corrected chi connectivity index (χ3v) is 6.16. The third-order valence-electron chi connectivity index (χ3n) is 6.16. The second-order valence-corrected chi connectivity index (χ2v) is 9.61. The van der Waals surface area contributed by atoms with E-state index in [0.717, 1.165) is 19.3 Å². The van der Waals surface area contributed by atoms with Crippen molar-refractivity contribution < 1.29 is 40.5 Å². The van der Waals surface area contributed by atoms with Gasteiger partial charge in [-0.2, -0.15) is 0 Å². The molecule has 0 amide bonds. The highest BCUT2D eigenvalue weighted by Gasteiger charge is 2.39. The van der Waals surface area contributed by atoms with Crippen LogP contribution in [-0.2, 0) is 4.79 Å². The molecular weight excluding hydrogens is 442 g/mol. The van der Waals surface area contributed by atoms with Crippen LogP contribution in [0.5, 0.6) is 0 Å². The van der Waals surface area contributed by atoms with Crippen molar-refractivity contribution in [3.05, 3.63) is 24.3 Å². The van der Waals surface area contributed by atoms with Crippen molar-refractivity contribution in [1.82, 2.24) is 0 Å². The molecule has 0 aromatic rings. The van der Waals surface area contributed by atoms with Gasteiger partial charge in [0.05, 0.1) is 43.2 Å². The Hall–Kier alpha value is -1.33. The van der Waals surface area contributed by atoms with Crippen LogP contribution >= 0.6 is 0 Å². The van der Waals surface area contributed by atoms with Gasteiger partial charge in [0.2, 0.25) is 0 Å². The largest absolute Gasteiger partial charge is 0.481 e. The molecule has 200 valence electrons. The van der Waals surface area contributed by atoms with E-state index >= 15 is 0 Å². The van der Waals surface area contributed by atoms with Gasteiger partial charge in [-0.3, -0.25) is 4.79 Å². The van der Waals surface area contributed by atoms with E-state index < -0.39 is 49.1 Å². The Morgan fingerprint density at radius 1 is 1.03 bits per heavy atom. The maximum absolute atomic E-state index is 10.5. The first kappa shape index (κ1) is 32.7. The molecule has 0 aliphatic heterocycles. The summed E-state index contributed by atoms with van der Waals surface area (Å²) in [5.41, 5.74) is 3.05. The van der Waals surface area contributed by atoms with Crippen molar-refractivity contribution >= 4 is 5.97 Å². The van der Waals surface area contributed by atoms with E-state index in [0.29, 0.717) is 32.1 Å². The molecule has 0 heterocycles. The Morgan fingerprint density at radius 3 is 2.15 bits per heavy atom. The molecule has 1 saturated carbocycles. The molecule has 9 nitrogen and oxygen atoms in total. The Bertz CT molecular complexity index is 595. The summed E-state index contributed by atoms with van der Waals surface area (Å²) >= 11 is 0. The number of unbranched alkanes of at least 4 members (excludes halogenated alkanes) is 3. The lowest BCUT2D eigenvalue weighted by atomic mass is 9.88. The molecule has 0 radical (unpaired) electrons. The average molecular weight is 490 g/mol. The smallest absolute Gasteiger partial charge is 0.303 e. The van der Waals surface area contributed by atoms with E-state index in [2.05, 4.69) is 6.92 Å². The van der Waals surface area contributed by atoms with Gasteiger partial charge in [0.25, 0.3) is 0 Å². The van der Waals surface area contributed by atoms with Crippen molar-refractivity contribution in [1.29, 1.82) is 0 Å². The summed E-state index contributed by atoms with van der Waals surface area (Å²) in [5, 5.41) is 64.6. The fourth-order valence-corrected chi connectivity index (χ4v) is 3.73. The molecule has 0 aromatic carbocycles. The number of rotatable bonds is 15. The Kier molecular flexibility index (Phi) is 16.5. The highest BCUT2D eigenvalue weighted by molar-refractivity contribution is 5.66. The van der Waals surface area contributed by atoms with Crippen LogP contribution in [-0.4, -0.2) is 84.9 Å². The molecule has 9 heteroatoms. The quantitative estimate of drug-likeness (QED) is 0.123. The molecule has 1 fully saturated rings. The van der Waals surface area contributed by atoms with Crippen molar-refractivity contribution in [3.8, 4) is 0 Å². The van der Waals surface area contributed by atoms with E-state index in [4.69, 9.17) is 26.2 Å². The second kappa shape index (κ2) is 17.2. The van der Waals surface area contributed by atoms with Crippen LogP contribution < -0.4 is 5.73 Å². The first-order chi connectivity index (χ1) is 15.9. The van der Waals surface area contributed by atoms with Gasteiger partial charge in [-0.25, -0.2) is 0 Å². The number of aliphatic carboxylic acids is 1. The first-order valence-corrected chi connectivity index (χ1v) is 12.2. The SMILES string of the molecule is CCCCC[C@](C)(O)/C=C/[C@H]1C(O)C[C@H](O)C1CC=CCCCC(=O)O.NC(CO)(CO)CO. The number of carbonyl (C=O) groups is 1. The van der Waals surface area contributed by atoms with Gasteiger partial charge in [0, 0.05) is 18.8 Å². The fraction of sp³-hybridized carbons (Fsp3) is 0.800. The Morgan fingerprint density at radius 2 is 1.65 bits per heavy atom. The maximum Gasteiger partial charge on any atom is 0.303 e. The summed E-state index contributed by atoms with van der Waals surface area (Å²) in [5.74, 6) is -1.04. The summed E-state index contributed by atoms with van der Waals surface area (Å²) in [4.78, 5) is 10.5. The van der Waals surface area contributed by atoms with Gasteiger partial charge in [-0.05, 0) is 38.5 Å². The van der Waals surface area contributed by atoms with Gasteiger partial charge in [-0.1, -0.05) is 50.5 Å². The molecule has 5 atom stereocenters. The Balaban J connectivity index is 0.00000116. The van der Waals surface area contributed by atoms with Crippen LogP contribution in [0.4, 0.5) is 0 Å². The van der Waals surface area contributed by atoms with Crippen LogP contribution in [0, 0.1) is 11.8 Å². The van der Waals surface area contributed by atoms with E-state index in [-0.39, 0.29) is 18.3 Å². The highest BCUT2D eigenvalue weighted by Crippen LogP contribution is 2.37. The highest BCUT2D eigenvalue weighted by atomic mass is 16.4. The number of carboxylic acids is 1. The molecule has 1 aliphatic carbocycles. The minimum atomic E-state index is -1.21. The van der Waals surface area contributed by atoms with E-state index in [1.54, 1.807) is 13.0 Å².